The van der Waals surface area contributed by atoms with Gasteiger partial charge in [-0.1, -0.05) is 152 Å². The van der Waals surface area contributed by atoms with Crippen LogP contribution in [0, 0.1) is 0 Å². The smallest absolute Gasteiger partial charge is 0.0645 e. The molecule has 9 aromatic rings. The van der Waals surface area contributed by atoms with Crippen LogP contribution in [0.4, 0.5) is 17.1 Å². The summed E-state index contributed by atoms with van der Waals surface area (Å²) in [6, 6.07) is 45.1. The quantitative estimate of drug-likeness (QED) is 0.165. The number of anilines is 3. The monoisotopic (exact) mass is 631 g/mol. The second-order valence-electron chi connectivity index (χ2n) is 12.0. The molecule has 0 fully saturated rings. The zero-order valence-electron chi connectivity index (χ0n) is 34.4. The van der Waals surface area contributed by atoms with Gasteiger partial charge in [0.15, 0.2) is 0 Å². The van der Waals surface area contributed by atoms with Crippen LogP contribution < -0.4 is 4.90 Å². The van der Waals surface area contributed by atoms with E-state index in [9.17, 15) is 8.22 Å². The average Bonchev–Trinajstić information content (AvgIpc) is 3.24. The lowest BCUT2D eigenvalue weighted by Gasteiger charge is -2.26. The number of benzene rings is 9. The maximum absolute atomic E-state index is 9.51. The van der Waals surface area contributed by atoms with E-state index in [2.05, 4.69) is 6.07 Å². The van der Waals surface area contributed by atoms with E-state index < -0.39 is 0 Å². The molecule has 0 saturated heterocycles. The maximum atomic E-state index is 9.51. The van der Waals surface area contributed by atoms with Crippen molar-refractivity contribution in [3.8, 4) is 33.4 Å². The van der Waals surface area contributed by atoms with Gasteiger partial charge in [-0.15, -0.1) is 0 Å². The standard InChI is InChI=1S/C48H33N/c1-2-9-34(10-3-1)36-21-26-44(27-22-36)49(46-15-8-14-40(33-46)42-19-17-35-11-4-5-13-39(35)31-42)45-28-23-37(24-29-45)41-25-30-48-43(32-41)20-18-38-12-6-7-16-47(38)48/h1-33H/i21D,22D,23D,24D,26D,27D,28D,29D. The summed E-state index contributed by atoms with van der Waals surface area (Å²) in [5.74, 6) is 0. The van der Waals surface area contributed by atoms with Crippen LogP contribution in [0.3, 0.4) is 0 Å². The summed E-state index contributed by atoms with van der Waals surface area (Å²) in [6.07, 6.45) is 0. The first-order chi connectivity index (χ1) is 27.6. The van der Waals surface area contributed by atoms with Gasteiger partial charge in [0.25, 0.3) is 0 Å². The van der Waals surface area contributed by atoms with Crippen LogP contribution in [0.25, 0.3) is 65.7 Å². The van der Waals surface area contributed by atoms with Gasteiger partial charge in [-0.2, -0.15) is 0 Å². The SMILES string of the molecule is [2H]c1c([2H])c(N(c2cccc(-c3ccc4ccccc4c3)c2)c2c([2H])c([2H])c(-c3ccc4c(ccc5ccccc54)c3)c([2H])c2[2H])c([2H])c([2H])c1-c1ccccc1. The van der Waals surface area contributed by atoms with Crippen molar-refractivity contribution in [2.24, 2.45) is 0 Å². The van der Waals surface area contributed by atoms with Crippen molar-refractivity contribution in [3.05, 3.63) is 200 Å². The van der Waals surface area contributed by atoms with E-state index >= 15 is 0 Å². The molecular weight excluding hydrogens is 591 g/mol. The zero-order valence-corrected chi connectivity index (χ0v) is 26.4. The van der Waals surface area contributed by atoms with Crippen LogP contribution in [0.5, 0.6) is 0 Å². The molecule has 0 spiro atoms. The lowest BCUT2D eigenvalue weighted by atomic mass is 9.97. The van der Waals surface area contributed by atoms with Crippen LogP contribution in [-0.4, -0.2) is 0 Å². The summed E-state index contributed by atoms with van der Waals surface area (Å²) in [5.41, 5.74) is 2.90. The average molecular weight is 632 g/mol. The van der Waals surface area contributed by atoms with E-state index in [1.807, 2.05) is 109 Å². The third-order valence-electron chi connectivity index (χ3n) is 8.95. The third kappa shape index (κ3) is 5.52. The van der Waals surface area contributed by atoms with Gasteiger partial charge in [0.1, 0.15) is 0 Å². The molecule has 0 aromatic heterocycles. The van der Waals surface area contributed by atoms with Crippen molar-refractivity contribution in [1.29, 1.82) is 0 Å². The van der Waals surface area contributed by atoms with E-state index in [-0.39, 0.29) is 70.8 Å². The van der Waals surface area contributed by atoms with Crippen LogP contribution in [0.1, 0.15) is 11.0 Å². The highest BCUT2D eigenvalue weighted by atomic mass is 15.1. The lowest BCUT2D eigenvalue weighted by Crippen LogP contribution is -2.10. The molecule has 0 aliphatic heterocycles. The third-order valence-corrected chi connectivity index (χ3v) is 8.95. The first-order valence-electron chi connectivity index (χ1n) is 20.2. The van der Waals surface area contributed by atoms with Crippen molar-refractivity contribution in [1.82, 2.24) is 0 Å². The van der Waals surface area contributed by atoms with Crippen LogP contribution in [0.15, 0.2) is 200 Å². The molecular formula is C48H33N. The van der Waals surface area contributed by atoms with Crippen molar-refractivity contribution in [3.63, 3.8) is 0 Å². The molecule has 9 rings (SSSR count). The molecule has 0 saturated carbocycles. The van der Waals surface area contributed by atoms with Crippen LogP contribution in [0.2, 0.25) is 0 Å². The predicted octanol–water partition coefficient (Wildman–Crippen LogP) is 13.6. The minimum atomic E-state index is -0.385. The van der Waals surface area contributed by atoms with Crippen LogP contribution in [-0.2, 0) is 0 Å². The maximum Gasteiger partial charge on any atom is 0.0645 e. The Balaban J connectivity index is 1.28. The van der Waals surface area contributed by atoms with Crippen molar-refractivity contribution >= 4 is 49.4 Å². The summed E-state index contributed by atoms with van der Waals surface area (Å²) < 4.78 is 74.8. The number of hydrogen-bond acceptors (Lipinski definition) is 1. The van der Waals surface area contributed by atoms with Gasteiger partial charge in [-0.05, 0) is 114 Å². The Morgan fingerprint density at radius 2 is 0.796 bits per heavy atom. The molecule has 0 atom stereocenters. The Morgan fingerprint density at radius 1 is 0.286 bits per heavy atom. The predicted molar refractivity (Wildman–Crippen MR) is 210 cm³/mol. The molecule has 0 radical (unpaired) electrons. The molecule has 0 aliphatic carbocycles. The van der Waals surface area contributed by atoms with Crippen molar-refractivity contribution in [2.75, 3.05) is 4.90 Å². The highest BCUT2D eigenvalue weighted by Crippen LogP contribution is 2.39. The molecule has 230 valence electrons. The Morgan fingerprint density at radius 3 is 1.57 bits per heavy atom. The molecule has 0 heterocycles. The summed E-state index contributed by atoms with van der Waals surface area (Å²) >= 11 is 0. The molecule has 1 heteroatoms. The Bertz CT molecular complexity index is 3010. The molecule has 9 aromatic carbocycles. The van der Waals surface area contributed by atoms with Crippen LogP contribution >= 0.6 is 0 Å². The fourth-order valence-corrected chi connectivity index (χ4v) is 6.46. The number of fused-ring (bicyclic) bond motifs is 4. The highest BCUT2D eigenvalue weighted by molar-refractivity contribution is 6.08. The molecule has 0 N–H and O–H groups in total. The van der Waals surface area contributed by atoms with Gasteiger partial charge in [0.05, 0.1) is 11.0 Å². The molecule has 0 amide bonds. The van der Waals surface area contributed by atoms with Gasteiger partial charge in [-0.25, -0.2) is 0 Å². The van der Waals surface area contributed by atoms with Gasteiger partial charge in [-0.3, -0.25) is 0 Å². The van der Waals surface area contributed by atoms with Gasteiger partial charge in [0.2, 0.25) is 0 Å². The molecule has 1 nitrogen and oxygen atoms in total. The summed E-state index contributed by atoms with van der Waals surface area (Å²) in [5, 5.41) is 6.15. The summed E-state index contributed by atoms with van der Waals surface area (Å²) in [4.78, 5) is 1.36. The second kappa shape index (κ2) is 12.3. The van der Waals surface area contributed by atoms with Gasteiger partial charge >= 0.3 is 0 Å². The zero-order chi connectivity index (χ0) is 39.5. The topological polar surface area (TPSA) is 3.24 Å². The Hall–Kier alpha value is -6.44. The van der Waals surface area contributed by atoms with E-state index in [0.717, 1.165) is 43.4 Å². The molecule has 49 heavy (non-hydrogen) atoms. The summed E-state index contributed by atoms with van der Waals surface area (Å²) in [6.45, 7) is 0. The minimum Gasteiger partial charge on any atom is -0.310 e. The Kier molecular flexibility index (Phi) is 5.38. The second-order valence-corrected chi connectivity index (χ2v) is 12.0. The minimum absolute atomic E-state index is 0.118. The largest absolute Gasteiger partial charge is 0.310 e. The Labute approximate surface area is 298 Å². The van der Waals surface area contributed by atoms with E-state index in [0.29, 0.717) is 16.8 Å². The normalized spacial score (nSPS) is 13.6. The number of hydrogen-bond donors (Lipinski definition) is 0. The van der Waals surface area contributed by atoms with E-state index in [4.69, 9.17) is 2.74 Å². The first-order valence-corrected chi connectivity index (χ1v) is 16.2. The number of rotatable bonds is 6. The van der Waals surface area contributed by atoms with Gasteiger partial charge < -0.3 is 4.90 Å². The van der Waals surface area contributed by atoms with Crippen molar-refractivity contribution in [2.45, 2.75) is 0 Å². The first kappa shape index (κ1) is 21.4. The number of nitrogens with zero attached hydrogens (tertiary/aromatic N) is 1. The molecule has 0 unspecified atom stereocenters. The summed E-state index contributed by atoms with van der Waals surface area (Å²) in [7, 11) is 0. The highest BCUT2D eigenvalue weighted by Gasteiger charge is 2.15. The van der Waals surface area contributed by atoms with E-state index in [1.165, 1.54) is 4.90 Å². The molecule has 0 bridgehead atoms. The van der Waals surface area contributed by atoms with E-state index in [1.54, 1.807) is 36.4 Å². The van der Waals surface area contributed by atoms with Crippen molar-refractivity contribution < 1.29 is 11.0 Å². The fraction of sp³-hybridized carbons (Fsp3) is 0. The molecule has 0 aliphatic rings. The lowest BCUT2D eigenvalue weighted by molar-refractivity contribution is 1.28. The fourth-order valence-electron chi connectivity index (χ4n) is 6.46. The van der Waals surface area contributed by atoms with Gasteiger partial charge in [0, 0.05) is 17.1 Å².